The highest BCUT2D eigenvalue weighted by atomic mass is 16.3. The number of aliphatic hydroxyl groups excluding tert-OH is 1. The summed E-state index contributed by atoms with van der Waals surface area (Å²) in [6.07, 6.45) is 16.0. The molecule has 8 atom stereocenters. The van der Waals surface area contributed by atoms with E-state index in [9.17, 15) is 5.11 Å². The zero-order valence-corrected chi connectivity index (χ0v) is 21.1. The maximum Gasteiger partial charge on any atom is 0.0628 e. The predicted molar refractivity (Wildman–Crippen MR) is 130 cm³/mol. The van der Waals surface area contributed by atoms with E-state index in [0.717, 1.165) is 36.0 Å². The molecule has 1 saturated heterocycles. The first-order chi connectivity index (χ1) is 14.7. The van der Waals surface area contributed by atoms with Crippen LogP contribution in [0.3, 0.4) is 0 Å². The van der Waals surface area contributed by atoms with Gasteiger partial charge in [-0.15, -0.1) is 0 Å². The summed E-state index contributed by atoms with van der Waals surface area (Å²) in [5.41, 5.74) is 2.45. The van der Waals surface area contributed by atoms with Gasteiger partial charge in [0.15, 0.2) is 0 Å². The topological polar surface area (TPSA) is 23.5 Å². The Hall–Kier alpha value is -0.340. The van der Waals surface area contributed by atoms with Crippen molar-refractivity contribution in [2.75, 3.05) is 19.6 Å². The molecule has 176 valence electrons. The Morgan fingerprint density at radius 2 is 1.71 bits per heavy atom. The summed E-state index contributed by atoms with van der Waals surface area (Å²) < 4.78 is 0. The predicted octanol–water partition coefficient (Wildman–Crippen LogP) is 6.68. The standard InChI is InChI=1S/C29H49NO/c1-20(19-30-17-7-6-8-18-30)22-10-11-23-21-9-12-25-27(2,3)26(31)14-16-29(25,5)24(21)13-15-28(22,23)4/h12,20-24,26,31H,6-11,13-19H2,1-5H3/t20-,21?,22-,23?,24?,26+,28-,29-/m1/s1. The lowest BCUT2D eigenvalue weighted by Crippen LogP contribution is -2.54. The highest BCUT2D eigenvalue weighted by molar-refractivity contribution is 5.31. The zero-order valence-electron chi connectivity index (χ0n) is 21.1. The minimum Gasteiger partial charge on any atom is -0.392 e. The lowest BCUT2D eigenvalue weighted by atomic mass is 9.44. The first-order valence-corrected chi connectivity index (χ1v) is 13.8. The molecule has 4 aliphatic carbocycles. The van der Waals surface area contributed by atoms with E-state index >= 15 is 0 Å². The Labute approximate surface area is 192 Å². The molecule has 3 saturated carbocycles. The molecule has 5 aliphatic rings. The van der Waals surface area contributed by atoms with Crippen LogP contribution < -0.4 is 0 Å². The summed E-state index contributed by atoms with van der Waals surface area (Å²) in [6, 6.07) is 0. The van der Waals surface area contributed by atoms with Crippen molar-refractivity contribution in [1.29, 1.82) is 0 Å². The van der Waals surface area contributed by atoms with Gasteiger partial charge in [0.25, 0.3) is 0 Å². The Bertz CT molecular complexity index is 706. The van der Waals surface area contributed by atoms with Gasteiger partial charge in [0.05, 0.1) is 6.10 Å². The van der Waals surface area contributed by atoms with E-state index in [4.69, 9.17) is 0 Å². The second kappa shape index (κ2) is 7.86. The van der Waals surface area contributed by atoms with Crippen molar-refractivity contribution >= 4 is 0 Å². The van der Waals surface area contributed by atoms with Crippen LogP contribution in [0.15, 0.2) is 11.6 Å². The minimum absolute atomic E-state index is 0.0418. The van der Waals surface area contributed by atoms with Crippen LogP contribution in [0.4, 0.5) is 0 Å². The molecule has 1 N–H and O–H groups in total. The lowest BCUT2D eigenvalue weighted by molar-refractivity contribution is -0.0790. The fourth-order valence-corrected chi connectivity index (χ4v) is 10.0. The number of hydrogen-bond donors (Lipinski definition) is 1. The Morgan fingerprint density at radius 3 is 2.45 bits per heavy atom. The van der Waals surface area contributed by atoms with Crippen molar-refractivity contribution in [2.24, 2.45) is 45.8 Å². The van der Waals surface area contributed by atoms with Crippen LogP contribution in [-0.2, 0) is 0 Å². The van der Waals surface area contributed by atoms with Gasteiger partial charge < -0.3 is 10.0 Å². The van der Waals surface area contributed by atoms with E-state index in [1.807, 2.05) is 0 Å². The summed E-state index contributed by atoms with van der Waals surface area (Å²) in [7, 11) is 0. The van der Waals surface area contributed by atoms with Crippen molar-refractivity contribution in [3.05, 3.63) is 11.6 Å². The number of nitrogens with zero attached hydrogens (tertiary/aromatic N) is 1. The van der Waals surface area contributed by atoms with E-state index in [-0.39, 0.29) is 11.5 Å². The van der Waals surface area contributed by atoms with Crippen LogP contribution >= 0.6 is 0 Å². The van der Waals surface area contributed by atoms with E-state index in [1.165, 1.54) is 77.4 Å². The summed E-state index contributed by atoms with van der Waals surface area (Å²) in [4.78, 5) is 2.78. The molecule has 0 aromatic carbocycles. The molecule has 0 bridgehead atoms. The fraction of sp³-hybridized carbons (Fsp3) is 0.931. The molecule has 0 aromatic rings. The Kier molecular flexibility index (Phi) is 5.70. The van der Waals surface area contributed by atoms with Crippen LogP contribution in [0, 0.1) is 45.8 Å². The highest BCUT2D eigenvalue weighted by Crippen LogP contribution is 2.68. The largest absolute Gasteiger partial charge is 0.392 e. The number of fused-ring (bicyclic) bond motifs is 5. The van der Waals surface area contributed by atoms with Crippen molar-refractivity contribution in [3.63, 3.8) is 0 Å². The van der Waals surface area contributed by atoms with Gasteiger partial charge in [-0.3, -0.25) is 0 Å². The second-order valence-electron chi connectivity index (χ2n) is 13.5. The molecule has 31 heavy (non-hydrogen) atoms. The molecule has 0 radical (unpaired) electrons. The first-order valence-electron chi connectivity index (χ1n) is 13.8. The minimum atomic E-state index is -0.163. The molecular weight excluding hydrogens is 378 g/mol. The highest BCUT2D eigenvalue weighted by Gasteiger charge is 2.61. The van der Waals surface area contributed by atoms with E-state index in [2.05, 4.69) is 45.6 Å². The van der Waals surface area contributed by atoms with Crippen LogP contribution in [-0.4, -0.2) is 35.7 Å². The van der Waals surface area contributed by atoms with Crippen molar-refractivity contribution in [1.82, 2.24) is 4.90 Å². The average Bonchev–Trinajstić information content (AvgIpc) is 3.09. The number of likely N-dealkylation sites (tertiary alicyclic amines) is 1. The van der Waals surface area contributed by atoms with Gasteiger partial charge in [-0.05, 0) is 111 Å². The molecule has 2 heteroatoms. The van der Waals surface area contributed by atoms with Gasteiger partial charge in [-0.2, -0.15) is 0 Å². The van der Waals surface area contributed by atoms with Gasteiger partial charge in [-0.25, -0.2) is 0 Å². The van der Waals surface area contributed by atoms with Crippen molar-refractivity contribution in [3.8, 4) is 0 Å². The molecule has 4 fully saturated rings. The zero-order chi connectivity index (χ0) is 22.0. The number of hydrogen-bond acceptors (Lipinski definition) is 2. The number of aliphatic hydroxyl groups is 1. The summed E-state index contributed by atoms with van der Waals surface area (Å²) in [5, 5.41) is 10.8. The van der Waals surface area contributed by atoms with E-state index < -0.39 is 0 Å². The van der Waals surface area contributed by atoms with Crippen LogP contribution in [0.25, 0.3) is 0 Å². The van der Waals surface area contributed by atoms with E-state index in [1.54, 1.807) is 5.57 Å². The maximum absolute atomic E-state index is 10.8. The summed E-state index contributed by atoms with van der Waals surface area (Å²) in [6.45, 7) is 16.5. The third kappa shape index (κ3) is 3.40. The normalized spacial score (nSPS) is 48.3. The Morgan fingerprint density at radius 1 is 0.968 bits per heavy atom. The molecule has 3 unspecified atom stereocenters. The number of piperidine rings is 1. The third-order valence-corrected chi connectivity index (χ3v) is 11.7. The molecular formula is C29H49NO. The summed E-state index contributed by atoms with van der Waals surface area (Å²) in [5.74, 6) is 4.41. The SMILES string of the molecule is C[C@H](CN1CCCCC1)[C@H]1CCC2C3CC=C4C(C)(C)[C@@H](O)CC[C@]4(C)C3CC[C@@]21C. The fourth-order valence-electron chi connectivity index (χ4n) is 10.0. The van der Waals surface area contributed by atoms with Gasteiger partial charge >= 0.3 is 0 Å². The molecule has 0 aromatic heterocycles. The van der Waals surface area contributed by atoms with Crippen LogP contribution in [0.1, 0.15) is 98.8 Å². The number of allylic oxidation sites excluding steroid dienone is 1. The molecule has 5 rings (SSSR count). The van der Waals surface area contributed by atoms with Gasteiger partial charge in [0, 0.05) is 12.0 Å². The third-order valence-electron chi connectivity index (χ3n) is 11.7. The molecule has 1 heterocycles. The maximum atomic E-state index is 10.8. The van der Waals surface area contributed by atoms with Crippen LogP contribution in [0.2, 0.25) is 0 Å². The monoisotopic (exact) mass is 427 g/mol. The quantitative estimate of drug-likeness (QED) is 0.508. The average molecular weight is 428 g/mol. The molecule has 1 aliphatic heterocycles. The smallest absolute Gasteiger partial charge is 0.0628 e. The first kappa shape index (κ1) is 22.5. The second-order valence-corrected chi connectivity index (χ2v) is 13.5. The lowest BCUT2D eigenvalue weighted by Gasteiger charge is -2.61. The van der Waals surface area contributed by atoms with Gasteiger partial charge in [-0.1, -0.05) is 52.7 Å². The summed E-state index contributed by atoms with van der Waals surface area (Å²) >= 11 is 0. The van der Waals surface area contributed by atoms with Crippen molar-refractivity contribution in [2.45, 2.75) is 105 Å². The molecule has 2 nitrogen and oxygen atoms in total. The van der Waals surface area contributed by atoms with E-state index in [0.29, 0.717) is 10.8 Å². The van der Waals surface area contributed by atoms with Crippen molar-refractivity contribution < 1.29 is 5.11 Å². The Balaban J connectivity index is 1.36. The van der Waals surface area contributed by atoms with Gasteiger partial charge in [0.1, 0.15) is 0 Å². The number of rotatable bonds is 3. The van der Waals surface area contributed by atoms with Crippen LogP contribution in [0.5, 0.6) is 0 Å². The molecule has 0 spiro atoms. The van der Waals surface area contributed by atoms with Gasteiger partial charge in [0.2, 0.25) is 0 Å². The molecule has 0 amide bonds.